The van der Waals surface area contributed by atoms with Crippen LogP contribution in [0, 0.1) is 0 Å². The largest absolute Gasteiger partial charge is 0.391 e. The summed E-state index contributed by atoms with van der Waals surface area (Å²) < 4.78 is 5.18. The highest BCUT2D eigenvalue weighted by molar-refractivity contribution is 8.00. The van der Waals surface area contributed by atoms with Crippen molar-refractivity contribution < 1.29 is 19.4 Å². The van der Waals surface area contributed by atoms with Gasteiger partial charge in [-0.15, -0.1) is 11.8 Å². The summed E-state index contributed by atoms with van der Waals surface area (Å²) in [7, 11) is 0. The number of carbonyl (C=O) groups excluding carboxylic acids is 2. The molecule has 1 aliphatic heterocycles. The summed E-state index contributed by atoms with van der Waals surface area (Å²) in [4.78, 5) is 25.3. The van der Waals surface area contributed by atoms with Crippen LogP contribution in [0.1, 0.15) is 20.8 Å². The van der Waals surface area contributed by atoms with Crippen molar-refractivity contribution in [1.29, 1.82) is 0 Å². The van der Waals surface area contributed by atoms with E-state index in [4.69, 9.17) is 4.74 Å². The van der Waals surface area contributed by atoms with E-state index in [0.717, 1.165) is 0 Å². The van der Waals surface area contributed by atoms with E-state index in [9.17, 15) is 14.7 Å². The van der Waals surface area contributed by atoms with Gasteiger partial charge in [0.05, 0.1) is 36.4 Å². The number of nitrogens with zero attached hydrogens (tertiary/aromatic N) is 1. The minimum Gasteiger partial charge on any atom is -0.391 e. The number of morpholine rings is 1. The average molecular weight is 304 g/mol. The topological polar surface area (TPSA) is 78.9 Å². The number of hydrogen-bond donors (Lipinski definition) is 2. The first-order chi connectivity index (χ1) is 9.33. The Kier molecular flexibility index (Phi) is 6.78. The number of aliphatic hydroxyl groups is 1. The van der Waals surface area contributed by atoms with Gasteiger partial charge in [-0.2, -0.15) is 0 Å². The molecule has 1 fully saturated rings. The molecule has 20 heavy (non-hydrogen) atoms. The number of amides is 2. The van der Waals surface area contributed by atoms with Gasteiger partial charge in [0.1, 0.15) is 0 Å². The van der Waals surface area contributed by atoms with Crippen LogP contribution in [0.15, 0.2) is 0 Å². The van der Waals surface area contributed by atoms with Crippen LogP contribution in [0.5, 0.6) is 0 Å². The Hall–Kier alpha value is -0.790. The SMILES string of the molecule is CC(O)C(C)(C)NC(=O)CSCC(=O)N1CCOCC1. The maximum Gasteiger partial charge on any atom is 0.232 e. The van der Waals surface area contributed by atoms with Gasteiger partial charge in [-0.1, -0.05) is 0 Å². The van der Waals surface area contributed by atoms with Crippen molar-refractivity contribution in [2.75, 3.05) is 37.8 Å². The maximum atomic E-state index is 11.9. The Morgan fingerprint density at radius 1 is 1.35 bits per heavy atom. The summed E-state index contributed by atoms with van der Waals surface area (Å²) in [5.74, 6) is 0.381. The van der Waals surface area contributed by atoms with Gasteiger partial charge in [-0.25, -0.2) is 0 Å². The molecule has 0 saturated carbocycles. The van der Waals surface area contributed by atoms with E-state index >= 15 is 0 Å². The van der Waals surface area contributed by atoms with Crippen LogP contribution in [-0.2, 0) is 14.3 Å². The molecule has 1 unspecified atom stereocenters. The molecule has 0 radical (unpaired) electrons. The number of ether oxygens (including phenoxy) is 1. The average Bonchev–Trinajstić information content (AvgIpc) is 2.38. The fourth-order valence-corrected chi connectivity index (χ4v) is 2.35. The molecule has 1 heterocycles. The van der Waals surface area contributed by atoms with Crippen LogP contribution < -0.4 is 5.32 Å². The summed E-state index contributed by atoms with van der Waals surface area (Å²) in [5.41, 5.74) is -0.661. The summed E-state index contributed by atoms with van der Waals surface area (Å²) >= 11 is 1.29. The van der Waals surface area contributed by atoms with Gasteiger partial charge in [0, 0.05) is 13.1 Å². The third-order valence-corrected chi connectivity index (χ3v) is 4.25. The highest BCUT2D eigenvalue weighted by Gasteiger charge is 2.26. The molecule has 1 rings (SSSR count). The molecule has 0 aromatic heterocycles. The highest BCUT2D eigenvalue weighted by atomic mass is 32.2. The van der Waals surface area contributed by atoms with Crippen molar-refractivity contribution in [3.05, 3.63) is 0 Å². The minimum atomic E-state index is -0.661. The van der Waals surface area contributed by atoms with Crippen LogP contribution in [0.4, 0.5) is 0 Å². The molecule has 0 spiro atoms. The van der Waals surface area contributed by atoms with Gasteiger partial charge in [0.15, 0.2) is 0 Å². The zero-order valence-electron chi connectivity index (χ0n) is 12.3. The number of thioether (sulfide) groups is 1. The fraction of sp³-hybridized carbons (Fsp3) is 0.846. The molecule has 2 amide bonds. The Morgan fingerprint density at radius 2 is 1.95 bits per heavy atom. The monoisotopic (exact) mass is 304 g/mol. The number of rotatable bonds is 6. The number of nitrogens with one attached hydrogen (secondary N) is 1. The lowest BCUT2D eigenvalue weighted by Crippen LogP contribution is -2.51. The normalized spacial score (nSPS) is 17.7. The van der Waals surface area contributed by atoms with Crippen LogP contribution in [-0.4, -0.2) is 71.3 Å². The van der Waals surface area contributed by atoms with E-state index in [1.807, 2.05) is 0 Å². The van der Waals surface area contributed by atoms with E-state index in [1.165, 1.54) is 11.8 Å². The second-order valence-electron chi connectivity index (χ2n) is 5.43. The molecule has 0 bridgehead atoms. The van der Waals surface area contributed by atoms with Crippen LogP contribution in [0.3, 0.4) is 0 Å². The van der Waals surface area contributed by atoms with Crippen molar-refractivity contribution in [3.63, 3.8) is 0 Å². The second-order valence-corrected chi connectivity index (χ2v) is 6.42. The number of aliphatic hydroxyl groups excluding tert-OH is 1. The van der Waals surface area contributed by atoms with E-state index in [-0.39, 0.29) is 17.6 Å². The zero-order chi connectivity index (χ0) is 15.2. The van der Waals surface area contributed by atoms with Crippen LogP contribution in [0.25, 0.3) is 0 Å². The molecular weight excluding hydrogens is 280 g/mol. The number of hydrogen-bond acceptors (Lipinski definition) is 5. The molecule has 2 N–H and O–H groups in total. The lowest BCUT2D eigenvalue weighted by molar-refractivity contribution is -0.132. The zero-order valence-corrected chi connectivity index (χ0v) is 13.2. The van der Waals surface area contributed by atoms with Gasteiger partial charge in [-0.3, -0.25) is 9.59 Å². The number of carbonyl (C=O) groups is 2. The minimum absolute atomic E-state index is 0.0425. The fourth-order valence-electron chi connectivity index (χ4n) is 1.63. The lowest BCUT2D eigenvalue weighted by Gasteiger charge is -2.29. The summed E-state index contributed by atoms with van der Waals surface area (Å²) in [6.45, 7) is 7.58. The molecule has 7 heteroatoms. The van der Waals surface area contributed by atoms with Gasteiger partial charge < -0.3 is 20.1 Å². The van der Waals surface area contributed by atoms with Crippen LogP contribution >= 0.6 is 11.8 Å². The molecular formula is C13H24N2O4S. The molecule has 0 aromatic carbocycles. The Balaban J connectivity index is 2.23. The van der Waals surface area contributed by atoms with Crippen molar-refractivity contribution >= 4 is 23.6 Å². The van der Waals surface area contributed by atoms with Crippen molar-refractivity contribution in [3.8, 4) is 0 Å². The lowest BCUT2D eigenvalue weighted by atomic mass is 9.99. The quantitative estimate of drug-likeness (QED) is 0.714. The molecule has 0 aliphatic carbocycles. The van der Waals surface area contributed by atoms with E-state index in [1.54, 1.807) is 25.7 Å². The standard InChI is InChI=1S/C13H24N2O4S/c1-10(16)13(2,3)14-11(17)8-20-9-12(18)15-4-6-19-7-5-15/h10,16H,4-9H2,1-3H3,(H,14,17). The summed E-state index contributed by atoms with van der Waals surface area (Å²) in [5, 5.41) is 12.3. The Bertz CT molecular complexity index is 341. The molecule has 6 nitrogen and oxygen atoms in total. The second kappa shape index (κ2) is 7.85. The molecule has 1 atom stereocenters. The Morgan fingerprint density at radius 3 is 2.50 bits per heavy atom. The van der Waals surface area contributed by atoms with Gasteiger partial charge in [0.2, 0.25) is 11.8 Å². The highest BCUT2D eigenvalue weighted by Crippen LogP contribution is 2.10. The predicted molar refractivity (Wildman–Crippen MR) is 78.6 cm³/mol. The molecule has 1 saturated heterocycles. The van der Waals surface area contributed by atoms with Crippen LogP contribution in [0.2, 0.25) is 0 Å². The Labute approximate surface area is 124 Å². The third-order valence-electron chi connectivity index (χ3n) is 3.33. The molecule has 1 aliphatic rings. The predicted octanol–water partition coefficient (Wildman–Crippen LogP) is -0.146. The first-order valence-electron chi connectivity index (χ1n) is 6.75. The first kappa shape index (κ1) is 17.3. The summed E-state index contributed by atoms with van der Waals surface area (Å²) in [6, 6.07) is 0. The summed E-state index contributed by atoms with van der Waals surface area (Å²) in [6.07, 6.45) is -0.633. The molecule has 0 aromatic rings. The van der Waals surface area contributed by atoms with Gasteiger partial charge in [-0.05, 0) is 20.8 Å². The van der Waals surface area contributed by atoms with Crippen molar-refractivity contribution in [2.45, 2.75) is 32.4 Å². The van der Waals surface area contributed by atoms with Gasteiger partial charge in [0.25, 0.3) is 0 Å². The van der Waals surface area contributed by atoms with Gasteiger partial charge >= 0.3 is 0 Å². The van der Waals surface area contributed by atoms with Crippen molar-refractivity contribution in [2.24, 2.45) is 0 Å². The maximum absolute atomic E-state index is 11.9. The van der Waals surface area contributed by atoms with E-state index in [2.05, 4.69) is 5.32 Å². The van der Waals surface area contributed by atoms with Crippen molar-refractivity contribution in [1.82, 2.24) is 10.2 Å². The van der Waals surface area contributed by atoms with E-state index in [0.29, 0.717) is 32.1 Å². The van der Waals surface area contributed by atoms with E-state index < -0.39 is 11.6 Å². The third kappa shape index (κ3) is 5.68. The smallest absolute Gasteiger partial charge is 0.232 e. The first-order valence-corrected chi connectivity index (χ1v) is 7.91. The molecule has 116 valence electrons.